The zero-order valence-corrected chi connectivity index (χ0v) is 12.4. The minimum absolute atomic E-state index is 0.139. The van der Waals surface area contributed by atoms with Gasteiger partial charge in [-0.2, -0.15) is 0 Å². The van der Waals surface area contributed by atoms with E-state index >= 15 is 0 Å². The normalized spacial score (nSPS) is 12.7. The van der Waals surface area contributed by atoms with Gasteiger partial charge >= 0.3 is 0 Å². The largest absolute Gasteiger partial charge is 0.507 e. The Labute approximate surface area is 115 Å². The average Bonchev–Trinajstić information content (AvgIpc) is 2.35. The molecule has 4 heteroatoms. The molecule has 1 aromatic rings. The molecule has 0 fully saturated rings. The lowest BCUT2D eigenvalue weighted by atomic mass is 10.0. The second-order valence-electron chi connectivity index (χ2n) is 5.40. The highest BCUT2D eigenvalue weighted by molar-refractivity contribution is 6.00. The number of hydrogen-bond acceptors (Lipinski definition) is 4. The summed E-state index contributed by atoms with van der Waals surface area (Å²) in [7, 11) is 0. The zero-order valence-electron chi connectivity index (χ0n) is 12.4. The SMILES string of the molecule is C/C(=N\O)c1cc(CN(C(C)C)C(C)C)ccc1O. The molecule has 19 heavy (non-hydrogen) atoms. The molecule has 0 aromatic heterocycles. The fourth-order valence-corrected chi connectivity index (χ4v) is 2.20. The van der Waals surface area contributed by atoms with Crippen molar-refractivity contribution in [2.75, 3.05) is 0 Å². The number of phenols is 1. The number of nitrogens with zero attached hydrogens (tertiary/aromatic N) is 2. The maximum absolute atomic E-state index is 9.78. The highest BCUT2D eigenvalue weighted by Crippen LogP contribution is 2.21. The Kier molecular flexibility index (Phi) is 5.36. The molecule has 0 saturated heterocycles. The molecule has 0 amide bonds. The molecule has 2 N–H and O–H groups in total. The number of hydrogen-bond donors (Lipinski definition) is 2. The highest BCUT2D eigenvalue weighted by Gasteiger charge is 2.15. The van der Waals surface area contributed by atoms with Gasteiger partial charge in [0.25, 0.3) is 0 Å². The monoisotopic (exact) mass is 264 g/mol. The van der Waals surface area contributed by atoms with Crippen LogP contribution in [0, 0.1) is 0 Å². The molecule has 0 radical (unpaired) electrons. The lowest BCUT2D eigenvalue weighted by molar-refractivity contribution is 0.166. The number of rotatable bonds is 5. The number of phenolic OH excluding ortho intramolecular Hbond substituents is 1. The summed E-state index contributed by atoms with van der Waals surface area (Å²) in [5, 5.41) is 21.8. The fourth-order valence-electron chi connectivity index (χ4n) is 2.20. The Hall–Kier alpha value is -1.55. The lowest BCUT2D eigenvalue weighted by Gasteiger charge is -2.30. The molecule has 0 atom stereocenters. The van der Waals surface area contributed by atoms with Crippen LogP contribution in [0.3, 0.4) is 0 Å². The van der Waals surface area contributed by atoms with Crippen LogP contribution in [0.5, 0.6) is 5.75 Å². The van der Waals surface area contributed by atoms with Crippen molar-refractivity contribution in [1.82, 2.24) is 4.90 Å². The summed E-state index contributed by atoms with van der Waals surface area (Å²) >= 11 is 0. The fraction of sp³-hybridized carbons (Fsp3) is 0.533. The summed E-state index contributed by atoms with van der Waals surface area (Å²) in [5.74, 6) is 0.139. The molecule has 0 saturated carbocycles. The first-order chi connectivity index (χ1) is 8.86. The van der Waals surface area contributed by atoms with Crippen LogP contribution in [-0.2, 0) is 6.54 Å². The van der Waals surface area contributed by atoms with Crippen LogP contribution in [-0.4, -0.2) is 33.0 Å². The van der Waals surface area contributed by atoms with Gasteiger partial charge < -0.3 is 10.3 Å². The van der Waals surface area contributed by atoms with E-state index < -0.39 is 0 Å². The van der Waals surface area contributed by atoms with Crippen molar-refractivity contribution < 1.29 is 10.3 Å². The van der Waals surface area contributed by atoms with E-state index in [2.05, 4.69) is 37.8 Å². The Morgan fingerprint density at radius 1 is 1.21 bits per heavy atom. The molecule has 106 valence electrons. The molecule has 0 bridgehead atoms. The summed E-state index contributed by atoms with van der Waals surface area (Å²) in [5.41, 5.74) is 2.09. The van der Waals surface area contributed by atoms with Gasteiger partial charge in [0, 0.05) is 24.2 Å². The third-order valence-electron chi connectivity index (χ3n) is 3.29. The molecular weight excluding hydrogens is 240 g/mol. The van der Waals surface area contributed by atoms with Gasteiger partial charge in [0.1, 0.15) is 5.75 Å². The molecule has 1 rings (SSSR count). The van der Waals surface area contributed by atoms with Gasteiger partial charge in [-0.25, -0.2) is 0 Å². The van der Waals surface area contributed by atoms with Crippen molar-refractivity contribution in [1.29, 1.82) is 0 Å². The van der Waals surface area contributed by atoms with E-state index in [1.807, 2.05) is 12.1 Å². The first-order valence-corrected chi connectivity index (χ1v) is 6.63. The molecule has 0 spiro atoms. The highest BCUT2D eigenvalue weighted by atomic mass is 16.4. The molecule has 0 aliphatic heterocycles. The molecular formula is C15H24N2O2. The molecule has 0 aliphatic carbocycles. The van der Waals surface area contributed by atoms with Crippen molar-refractivity contribution in [3.8, 4) is 5.75 Å². The molecule has 0 unspecified atom stereocenters. The van der Waals surface area contributed by atoms with Gasteiger partial charge in [0.05, 0.1) is 5.71 Å². The van der Waals surface area contributed by atoms with Crippen LogP contribution < -0.4 is 0 Å². The summed E-state index contributed by atoms with van der Waals surface area (Å²) in [6.07, 6.45) is 0. The van der Waals surface area contributed by atoms with Gasteiger partial charge in [-0.15, -0.1) is 0 Å². The van der Waals surface area contributed by atoms with E-state index in [1.54, 1.807) is 13.0 Å². The summed E-state index contributed by atoms with van der Waals surface area (Å²) in [6.45, 7) is 11.1. The summed E-state index contributed by atoms with van der Waals surface area (Å²) < 4.78 is 0. The Bertz CT molecular complexity index is 445. The van der Waals surface area contributed by atoms with Gasteiger partial charge in [-0.05, 0) is 52.3 Å². The van der Waals surface area contributed by atoms with Crippen molar-refractivity contribution in [3.05, 3.63) is 29.3 Å². The second kappa shape index (κ2) is 6.57. The first-order valence-electron chi connectivity index (χ1n) is 6.63. The van der Waals surface area contributed by atoms with Crippen molar-refractivity contribution >= 4 is 5.71 Å². The average molecular weight is 264 g/mol. The molecule has 0 heterocycles. The van der Waals surface area contributed by atoms with Gasteiger partial charge in [0.15, 0.2) is 0 Å². The topological polar surface area (TPSA) is 56.1 Å². The predicted octanol–water partition coefficient (Wildman–Crippen LogP) is 3.21. The van der Waals surface area contributed by atoms with Crippen LogP contribution in [0.4, 0.5) is 0 Å². The minimum atomic E-state index is 0.139. The van der Waals surface area contributed by atoms with Crippen LogP contribution in [0.2, 0.25) is 0 Å². The van der Waals surface area contributed by atoms with Gasteiger partial charge in [0.2, 0.25) is 0 Å². The van der Waals surface area contributed by atoms with E-state index in [9.17, 15) is 5.11 Å². The third-order valence-corrected chi connectivity index (χ3v) is 3.29. The molecule has 4 nitrogen and oxygen atoms in total. The third kappa shape index (κ3) is 3.96. The van der Waals surface area contributed by atoms with E-state index in [0.717, 1.165) is 12.1 Å². The number of aromatic hydroxyl groups is 1. The maximum atomic E-state index is 9.78. The standard InChI is InChI=1S/C15H24N2O2/c1-10(2)17(11(3)4)9-13-6-7-15(18)14(8-13)12(5)16-19/h6-8,10-11,18-19H,9H2,1-5H3/b16-12+. The molecule has 0 aliphatic rings. The number of benzene rings is 1. The summed E-state index contributed by atoms with van der Waals surface area (Å²) in [6, 6.07) is 6.33. The second-order valence-corrected chi connectivity index (χ2v) is 5.40. The number of oxime groups is 1. The first kappa shape index (κ1) is 15.5. The predicted molar refractivity (Wildman–Crippen MR) is 77.9 cm³/mol. The Balaban J connectivity index is 3.02. The lowest BCUT2D eigenvalue weighted by Crippen LogP contribution is -2.36. The Morgan fingerprint density at radius 3 is 2.26 bits per heavy atom. The zero-order chi connectivity index (χ0) is 14.6. The quantitative estimate of drug-likeness (QED) is 0.488. The van der Waals surface area contributed by atoms with E-state index in [-0.39, 0.29) is 5.75 Å². The van der Waals surface area contributed by atoms with Crippen LogP contribution >= 0.6 is 0 Å². The maximum Gasteiger partial charge on any atom is 0.124 e. The van der Waals surface area contributed by atoms with Crippen molar-refractivity contribution in [2.24, 2.45) is 5.16 Å². The van der Waals surface area contributed by atoms with Crippen molar-refractivity contribution in [2.45, 2.75) is 53.2 Å². The summed E-state index contributed by atoms with van der Waals surface area (Å²) in [4.78, 5) is 2.36. The van der Waals surface area contributed by atoms with Crippen molar-refractivity contribution in [3.63, 3.8) is 0 Å². The van der Waals surface area contributed by atoms with Gasteiger partial charge in [-0.3, -0.25) is 4.90 Å². The minimum Gasteiger partial charge on any atom is -0.507 e. The van der Waals surface area contributed by atoms with Crippen LogP contribution in [0.1, 0.15) is 45.7 Å². The van der Waals surface area contributed by atoms with Gasteiger partial charge in [-0.1, -0.05) is 11.2 Å². The van der Waals surface area contributed by atoms with Crippen LogP contribution in [0.15, 0.2) is 23.4 Å². The smallest absolute Gasteiger partial charge is 0.124 e. The van der Waals surface area contributed by atoms with E-state index in [1.165, 1.54) is 0 Å². The molecule has 1 aromatic carbocycles. The van der Waals surface area contributed by atoms with E-state index in [0.29, 0.717) is 23.4 Å². The van der Waals surface area contributed by atoms with Crippen LogP contribution in [0.25, 0.3) is 0 Å². The van der Waals surface area contributed by atoms with E-state index in [4.69, 9.17) is 5.21 Å². The Morgan fingerprint density at radius 2 is 1.79 bits per heavy atom.